The first-order chi connectivity index (χ1) is 7.13. The Hall–Kier alpha value is -1.53. The van der Waals surface area contributed by atoms with Gasteiger partial charge in [0.1, 0.15) is 10.3 Å². The Morgan fingerprint density at radius 3 is 2.40 bits per heavy atom. The van der Waals surface area contributed by atoms with E-state index in [9.17, 15) is 0 Å². The predicted octanol–water partition coefficient (Wildman–Crippen LogP) is 1.83. The van der Waals surface area contributed by atoms with E-state index in [1.54, 1.807) is 12.1 Å². The molecule has 0 saturated heterocycles. The molecule has 0 unspecified atom stereocenters. The van der Waals surface area contributed by atoms with E-state index >= 15 is 0 Å². The van der Waals surface area contributed by atoms with Crippen molar-refractivity contribution in [3.63, 3.8) is 0 Å². The molecule has 15 heavy (non-hydrogen) atoms. The van der Waals surface area contributed by atoms with E-state index in [-0.39, 0.29) is 16.3 Å². The normalized spacial score (nSPS) is 10.3. The fourth-order valence-electron chi connectivity index (χ4n) is 0.996. The lowest BCUT2D eigenvalue weighted by molar-refractivity contribution is 1.10. The van der Waals surface area contributed by atoms with Gasteiger partial charge in [-0.15, -0.1) is 5.10 Å². The fourth-order valence-corrected chi connectivity index (χ4v) is 1.46. The van der Waals surface area contributed by atoms with Gasteiger partial charge in [0.2, 0.25) is 11.9 Å². The molecule has 0 aromatic carbocycles. The van der Waals surface area contributed by atoms with Gasteiger partial charge < -0.3 is 11.1 Å². The van der Waals surface area contributed by atoms with Crippen molar-refractivity contribution in [1.29, 1.82) is 0 Å². The predicted molar refractivity (Wildman–Crippen MR) is 58.3 cm³/mol. The number of pyridine rings is 1. The first-order valence-corrected chi connectivity index (χ1v) is 4.67. The minimum Gasteiger partial charge on any atom is -0.368 e. The molecule has 6 nitrogen and oxygen atoms in total. The third-order valence-electron chi connectivity index (χ3n) is 1.52. The van der Waals surface area contributed by atoms with E-state index in [1.165, 1.54) is 0 Å². The number of nitrogens with zero attached hydrogens (tertiary/aromatic N) is 3. The molecule has 2 rings (SSSR count). The molecule has 8 heteroatoms. The number of anilines is 3. The van der Waals surface area contributed by atoms with Crippen LogP contribution in [-0.2, 0) is 0 Å². The Kier molecular flexibility index (Phi) is 2.61. The van der Waals surface area contributed by atoms with Crippen LogP contribution in [0.1, 0.15) is 0 Å². The first-order valence-electron chi connectivity index (χ1n) is 3.91. The molecule has 0 bridgehead atoms. The number of aromatic nitrogens is 4. The van der Waals surface area contributed by atoms with Crippen LogP contribution in [0.15, 0.2) is 12.1 Å². The van der Waals surface area contributed by atoms with Gasteiger partial charge in [-0.1, -0.05) is 23.2 Å². The van der Waals surface area contributed by atoms with Gasteiger partial charge in [-0.3, -0.25) is 0 Å². The van der Waals surface area contributed by atoms with Crippen LogP contribution in [0.2, 0.25) is 10.3 Å². The van der Waals surface area contributed by atoms with Crippen LogP contribution in [0.25, 0.3) is 0 Å². The molecule has 0 atom stereocenters. The topological polar surface area (TPSA) is 92.5 Å². The van der Waals surface area contributed by atoms with Crippen molar-refractivity contribution >= 4 is 40.8 Å². The van der Waals surface area contributed by atoms with Gasteiger partial charge in [0, 0.05) is 5.69 Å². The smallest absolute Gasteiger partial charge is 0.248 e. The van der Waals surface area contributed by atoms with Gasteiger partial charge in [-0.05, 0) is 12.1 Å². The molecule has 0 aliphatic rings. The summed E-state index contributed by atoms with van der Waals surface area (Å²) in [6, 6.07) is 3.19. The molecule has 0 aliphatic heterocycles. The lowest BCUT2D eigenvalue weighted by Crippen LogP contribution is -1.93. The number of hydrogen-bond acceptors (Lipinski definition) is 5. The monoisotopic (exact) mass is 244 g/mol. The van der Waals surface area contributed by atoms with Gasteiger partial charge in [0.15, 0.2) is 0 Å². The summed E-state index contributed by atoms with van der Waals surface area (Å²) >= 11 is 11.4. The molecule has 2 aromatic heterocycles. The average molecular weight is 245 g/mol. The van der Waals surface area contributed by atoms with Crippen LogP contribution in [0.3, 0.4) is 0 Å². The second-order valence-corrected chi connectivity index (χ2v) is 3.45. The molecule has 2 heterocycles. The maximum atomic E-state index is 5.71. The van der Waals surface area contributed by atoms with E-state index in [1.807, 2.05) is 0 Å². The molecule has 4 N–H and O–H groups in total. The van der Waals surface area contributed by atoms with E-state index in [0.717, 1.165) is 0 Å². The summed E-state index contributed by atoms with van der Waals surface area (Å²) in [6.45, 7) is 0. The van der Waals surface area contributed by atoms with Crippen molar-refractivity contribution in [1.82, 2.24) is 20.2 Å². The standard InChI is InChI=1S/C7H6Cl2N6/c8-4-1-3(2-5(9)12-4)11-7-13-6(10)14-15-7/h1-2H,(H4,10,11,12,13,14,15). The fraction of sp³-hybridized carbons (Fsp3) is 0. The second-order valence-electron chi connectivity index (χ2n) is 2.67. The SMILES string of the molecule is Nc1nc(Nc2cc(Cl)nc(Cl)c2)n[nH]1. The number of hydrogen-bond donors (Lipinski definition) is 3. The summed E-state index contributed by atoms with van der Waals surface area (Å²) < 4.78 is 0. The lowest BCUT2D eigenvalue weighted by atomic mass is 10.4. The summed E-state index contributed by atoms with van der Waals surface area (Å²) in [5.41, 5.74) is 6.00. The van der Waals surface area contributed by atoms with Crippen LogP contribution in [0.4, 0.5) is 17.6 Å². The summed E-state index contributed by atoms with van der Waals surface area (Å²) in [5.74, 6) is 0.564. The van der Waals surface area contributed by atoms with Crippen LogP contribution >= 0.6 is 23.2 Å². The molecule has 0 aliphatic carbocycles. The third kappa shape index (κ3) is 2.48. The molecular formula is C7H6Cl2N6. The van der Waals surface area contributed by atoms with E-state index in [0.29, 0.717) is 11.6 Å². The van der Waals surface area contributed by atoms with Crippen molar-refractivity contribution in [3.8, 4) is 0 Å². The molecule has 0 fully saturated rings. The van der Waals surface area contributed by atoms with Crippen LogP contribution in [-0.4, -0.2) is 20.2 Å². The molecule has 0 amide bonds. The summed E-state index contributed by atoms with van der Waals surface area (Å²) in [7, 11) is 0. The highest BCUT2D eigenvalue weighted by atomic mass is 35.5. The van der Waals surface area contributed by atoms with Crippen LogP contribution in [0.5, 0.6) is 0 Å². The zero-order valence-electron chi connectivity index (χ0n) is 7.33. The Labute approximate surface area is 94.8 Å². The van der Waals surface area contributed by atoms with Crippen molar-refractivity contribution in [3.05, 3.63) is 22.4 Å². The molecule has 2 aromatic rings. The number of rotatable bonds is 2. The number of nitrogens with two attached hydrogens (primary N) is 1. The molecule has 78 valence electrons. The second kappa shape index (κ2) is 3.92. The Balaban J connectivity index is 2.24. The maximum absolute atomic E-state index is 5.71. The third-order valence-corrected chi connectivity index (χ3v) is 1.91. The largest absolute Gasteiger partial charge is 0.368 e. The summed E-state index contributed by atoms with van der Waals surface area (Å²) in [5, 5.41) is 9.72. The number of H-pyrrole nitrogens is 1. The van der Waals surface area contributed by atoms with Crippen LogP contribution < -0.4 is 11.1 Å². The zero-order valence-corrected chi connectivity index (χ0v) is 8.84. The number of nitrogens with one attached hydrogen (secondary N) is 2. The van der Waals surface area contributed by atoms with Gasteiger partial charge in [-0.25, -0.2) is 10.1 Å². The number of aromatic amines is 1. The van der Waals surface area contributed by atoms with Gasteiger partial charge in [-0.2, -0.15) is 4.98 Å². The highest BCUT2D eigenvalue weighted by molar-refractivity contribution is 6.32. The number of halogens is 2. The van der Waals surface area contributed by atoms with E-state index in [4.69, 9.17) is 28.9 Å². The Morgan fingerprint density at radius 1 is 1.20 bits per heavy atom. The van der Waals surface area contributed by atoms with Gasteiger partial charge in [0.25, 0.3) is 0 Å². The molecule has 0 radical (unpaired) electrons. The molecule has 0 saturated carbocycles. The maximum Gasteiger partial charge on any atom is 0.248 e. The van der Waals surface area contributed by atoms with Crippen molar-refractivity contribution in [2.24, 2.45) is 0 Å². The minimum absolute atomic E-state index is 0.226. The zero-order chi connectivity index (χ0) is 10.8. The van der Waals surface area contributed by atoms with Crippen molar-refractivity contribution in [2.75, 3.05) is 11.1 Å². The highest BCUT2D eigenvalue weighted by Crippen LogP contribution is 2.20. The van der Waals surface area contributed by atoms with E-state index < -0.39 is 0 Å². The van der Waals surface area contributed by atoms with Crippen LogP contribution in [0, 0.1) is 0 Å². The molecule has 0 spiro atoms. The lowest BCUT2D eigenvalue weighted by Gasteiger charge is -2.01. The quantitative estimate of drug-likeness (QED) is 0.702. The van der Waals surface area contributed by atoms with Gasteiger partial charge >= 0.3 is 0 Å². The minimum atomic E-state index is 0.226. The summed E-state index contributed by atoms with van der Waals surface area (Å²) in [4.78, 5) is 7.66. The number of nitrogen functional groups attached to an aromatic ring is 1. The Morgan fingerprint density at radius 2 is 1.87 bits per heavy atom. The van der Waals surface area contributed by atoms with Crippen molar-refractivity contribution in [2.45, 2.75) is 0 Å². The first kappa shape index (κ1) is 10.0. The summed E-state index contributed by atoms with van der Waals surface area (Å²) in [6.07, 6.45) is 0. The Bertz CT molecular complexity index is 462. The van der Waals surface area contributed by atoms with Crippen molar-refractivity contribution < 1.29 is 0 Å². The molecular weight excluding hydrogens is 239 g/mol. The van der Waals surface area contributed by atoms with Gasteiger partial charge in [0.05, 0.1) is 0 Å². The highest BCUT2D eigenvalue weighted by Gasteiger charge is 2.03. The van der Waals surface area contributed by atoms with E-state index in [2.05, 4.69) is 25.5 Å². The average Bonchev–Trinajstić information content (AvgIpc) is 2.49.